The van der Waals surface area contributed by atoms with E-state index in [0.717, 1.165) is 6.42 Å². The Balaban J connectivity index is 1.75. The van der Waals surface area contributed by atoms with E-state index in [4.69, 9.17) is 4.74 Å². The molecule has 10 nitrogen and oxygen atoms in total. The summed E-state index contributed by atoms with van der Waals surface area (Å²) in [5.74, 6) is 0.768. The SMILES string of the molecule is CN(C(=O)OC(C)(C)C)[C@@H]1CCN(c2ccc([N+](=O)[O-])c(Nc3ccncc3)n2)C1. The number of hydrogen-bond acceptors (Lipinski definition) is 8. The van der Waals surface area contributed by atoms with Gasteiger partial charge in [0.05, 0.1) is 11.0 Å². The average Bonchev–Trinajstić information content (AvgIpc) is 3.16. The summed E-state index contributed by atoms with van der Waals surface area (Å²) >= 11 is 0. The third kappa shape index (κ3) is 5.13. The molecule has 0 aromatic carbocycles. The summed E-state index contributed by atoms with van der Waals surface area (Å²) < 4.78 is 5.44. The molecule has 3 rings (SSSR count). The minimum Gasteiger partial charge on any atom is -0.444 e. The lowest BCUT2D eigenvalue weighted by atomic mass is 10.2. The molecule has 0 unspecified atom stereocenters. The summed E-state index contributed by atoms with van der Waals surface area (Å²) in [4.78, 5) is 35.3. The van der Waals surface area contributed by atoms with Crippen LogP contribution in [0.15, 0.2) is 36.7 Å². The summed E-state index contributed by atoms with van der Waals surface area (Å²) in [6, 6.07) is 6.45. The van der Waals surface area contributed by atoms with E-state index in [1.807, 2.05) is 25.7 Å². The van der Waals surface area contributed by atoms with Crippen molar-refractivity contribution in [2.45, 2.75) is 38.8 Å². The third-order valence-corrected chi connectivity index (χ3v) is 4.72. The van der Waals surface area contributed by atoms with Gasteiger partial charge in [-0.3, -0.25) is 15.1 Å². The fraction of sp³-hybridized carbons (Fsp3) is 0.450. The van der Waals surface area contributed by atoms with Crippen molar-refractivity contribution in [3.8, 4) is 0 Å². The van der Waals surface area contributed by atoms with Crippen LogP contribution in [-0.2, 0) is 4.74 Å². The van der Waals surface area contributed by atoms with Crippen LogP contribution >= 0.6 is 0 Å². The second-order valence-corrected chi connectivity index (χ2v) is 8.13. The number of nitro groups is 1. The summed E-state index contributed by atoms with van der Waals surface area (Å²) in [6.07, 6.45) is 3.57. The minimum atomic E-state index is -0.558. The fourth-order valence-corrected chi connectivity index (χ4v) is 3.18. The van der Waals surface area contributed by atoms with Crippen LogP contribution in [0.3, 0.4) is 0 Å². The number of nitrogens with zero attached hydrogens (tertiary/aromatic N) is 5. The number of rotatable bonds is 5. The summed E-state index contributed by atoms with van der Waals surface area (Å²) in [5.41, 5.74) is -0.0178. The first-order valence-electron chi connectivity index (χ1n) is 9.67. The van der Waals surface area contributed by atoms with E-state index in [1.165, 1.54) is 6.07 Å². The molecule has 160 valence electrons. The number of pyridine rings is 2. The molecule has 0 spiro atoms. The Labute approximate surface area is 175 Å². The molecule has 30 heavy (non-hydrogen) atoms. The first-order valence-corrected chi connectivity index (χ1v) is 9.67. The second-order valence-electron chi connectivity index (χ2n) is 8.13. The van der Waals surface area contributed by atoms with Crippen molar-refractivity contribution in [2.75, 3.05) is 30.4 Å². The predicted molar refractivity (Wildman–Crippen MR) is 113 cm³/mol. The lowest BCUT2D eigenvalue weighted by molar-refractivity contribution is -0.384. The van der Waals surface area contributed by atoms with Gasteiger partial charge in [-0.1, -0.05) is 0 Å². The maximum Gasteiger partial charge on any atom is 0.410 e. The van der Waals surface area contributed by atoms with Gasteiger partial charge in [-0.05, 0) is 45.4 Å². The van der Waals surface area contributed by atoms with E-state index in [2.05, 4.69) is 15.3 Å². The van der Waals surface area contributed by atoms with Crippen LogP contribution in [0.5, 0.6) is 0 Å². The molecule has 2 aromatic rings. The fourth-order valence-electron chi connectivity index (χ4n) is 3.18. The van der Waals surface area contributed by atoms with Crippen LogP contribution in [0.25, 0.3) is 0 Å². The van der Waals surface area contributed by atoms with Gasteiger partial charge in [-0.2, -0.15) is 0 Å². The molecule has 0 saturated carbocycles. The highest BCUT2D eigenvalue weighted by molar-refractivity contribution is 5.69. The van der Waals surface area contributed by atoms with Crippen molar-refractivity contribution < 1.29 is 14.5 Å². The van der Waals surface area contributed by atoms with Gasteiger partial charge in [0.15, 0.2) is 0 Å². The van der Waals surface area contributed by atoms with Crippen molar-refractivity contribution in [1.82, 2.24) is 14.9 Å². The highest BCUT2D eigenvalue weighted by Gasteiger charge is 2.32. The van der Waals surface area contributed by atoms with Crippen molar-refractivity contribution in [1.29, 1.82) is 0 Å². The summed E-state index contributed by atoms with van der Waals surface area (Å²) in [6.45, 7) is 6.74. The molecule has 1 N–H and O–H groups in total. The summed E-state index contributed by atoms with van der Waals surface area (Å²) in [7, 11) is 1.72. The molecular weight excluding hydrogens is 388 g/mol. The molecule has 1 aliphatic heterocycles. The molecule has 0 aliphatic carbocycles. The van der Waals surface area contributed by atoms with E-state index in [-0.39, 0.29) is 23.6 Å². The maximum absolute atomic E-state index is 12.3. The normalized spacial score (nSPS) is 16.3. The number of anilines is 3. The molecular formula is C20H26N6O4. The minimum absolute atomic E-state index is 0.0338. The van der Waals surface area contributed by atoms with Gasteiger partial charge in [0.2, 0.25) is 5.82 Å². The van der Waals surface area contributed by atoms with Gasteiger partial charge in [0.25, 0.3) is 0 Å². The molecule has 1 atom stereocenters. The van der Waals surface area contributed by atoms with Gasteiger partial charge < -0.3 is 19.9 Å². The van der Waals surface area contributed by atoms with E-state index >= 15 is 0 Å². The number of amides is 1. The third-order valence-electron chi connectivity index (χ3n) is 4.72. The van der Waals surface area contributed by atoms with E-state index in [1.54, 1.807) is 42.5 Å². The zero-order chi connectivity index (χ0) is 21.9. The monoisotopic (exact) mass is 414 g/mol. The quantitative estimate of drug-likeness (QED) is 0.583. The molecule has 1 amide bonds. The van der Waals surface area contributed by atoms with Crippen molar-refractivity contribution in [3.05, 3.63) is 46.8 Å². The topological polar surface area (TPSA) is 114 Å². The van der Waals surface area contributed by atoms with Crippen LogP contribution in [0.4, 0.5) is 27.8 Å². The van der Waals surface area contributed by atoms with Crippen molar-refractivity contribution >= 4 is 29.1 Å². The smallest absolute Gasteiger partial charge is 0.410 e. The van der Waals surface area contributed by atoms with Crippen LogP contribution in [-0.4, -0.2) is 57.7 Å². The van der Waals surface area contributed by atoms with Gasteiger partial charge in [0, 0.05) is 44.3 Å². The first kappa shape index (κ1) is 21.3. The van der Waals surface area contributed by atoms with Crippen LogP contribution < -0.4 is 10.2 Å². The highest BCUT2D eigenvalue weighted by Crippen LogP contribution is 2.30. The lowest BCUT2D eigenvalue weighted by Gasteiger charge is -2.28. The number of likely N-dealkylation sites (N-methyl/N-ethyl adjacent to an activating group) is 1. The Morgan fingerprint density at radius 2 is 2.00 bits per heavy atom. The standard InChI is InChI=1S/C20H26N6O4/c1-20(2,3)30-19(27)24(4)15-9-12-25(13-15)17-6-5-16(26(28)29)18(23-17)22-14-7-10-21-11-8-14/h5-8,10-11,15H,9,12-13H2,1-4H3,(H,21,22,23)/t15-/m1/s1. The zero-order valence-electron chi connectivity index (χ0n) is 17.5. The Morgan fingerprint density at radius 1 is 1.30 bits per heavy atom. The Bertz CT molecular complexity index is 915. The molecule has 2 aromatic heterocycles. The van der Waals surface area contributed by atoms with Crippen LogP contribution in [0, 0.1) is 10.1 Å². The molecule has 1 fully saturated rings. The average molecular weight is 414 g/mol. The largest absolute Gasteiger partial charge is 0.444 e. The number of carbonyl (C=O) groups is 1. The van der Waals surface area contributed by atoms with Gasteiger partial charge in [-0.25, -0.2) is 9.78 Å². The van der Waals surface area contributed by atoms with E-state index in [0.29, 0.717) is 24.6 Å². The van der Waals surface area contributed by atoms with E-state index < -0.39 is 10.5 Å². The molecule has 10 heteroatoms. The summed E-state index contributed by atoms with van der Waals surface area (Å²) in [5, 5.41) is 14.4. The van der Waals surface area contributed by atoms with E-state index in [9.17, 15) is 14.9 Å². The number of ether oxygens (including phenoxy) is 1. The van der Waals surface area contributed by atoms with Crippen molar-refractivity contribution in [2.24, 2.45) is 0 Å². The maximum atomic E-state index is 12.3. The molecule has 0 bridgehead atoms. The number of hydrogen-bond donors (Lipinski definition) is 1. The number of carbonyl (C=O) groups excluding carboxylic acids is 1. The second kappa shape index (κ2) is 8.52. The first-order chi connectivity index (χ1) is 14.1. The van der Waals surface area contributed by atoms with Gasteiger partial charge >= 0.3 is 11.8 Å². The molecule has 1 aliphatic rings. The number of aromatic nitrogens is 2. The predicted octanol–water partition coefficient (Wildman–Crippen LogP) is 3.57. The molecule has 1 saturated heterocycles. The Kier molecular flexibility index (Phi) is 6.04. The lowest BCUT2D eigenvalue weighted by Crippen LogP contribution is -2.42. The Hall–Kier alpha value is -3.43. The van der Waals surface area contributed by atoms with Gasteiger partial charge in [0.1, 0.15) is 11.4 Å². The van der Waals surface area contributed by atoms with Crippen LogP contribution in [0.2, 0.25) is 0 Å². The highest BCUT2D eigenvalue weighted by atomic mass is 16.6. The Morgan fingerprint density at radius 3 is 2.63 bits per heavy atom. The van der Waals surface area contributed by atoms with Crippen molar-refractivity contribution in [3.63, 3.8) is 0 Å². The molecule has 0 radical (unpaired) electrons. The number of nitrogens with one attached hydrogen (secondary N) is 1. The van der Waals surface area contributed by atoms with Gasteiger partial charge in [-0.15, -0.1) is 0 Å². The molecule has 3 heterocycles. The zero-order valence-corrected chi connectivity index (χ0v) is 17.5. The van der Waals surface area contributed by atoms with Crippen LogP contribution in [0.1, 0.15) is 27.2 Å².